The molecule has 2 heterocycles. The fraction of sp³-hybridized carbons (Fsp3) is 0.600. The van der Waals surface area contributed by atoms with Crippen molar-refractivity contribution in [2.45, 2.75) is 45.7 Å². The molecule has 0 aromatic heterocycles. The number of hydrogen-bond acceptors (Lipinski definition) is 3. The van der Waals surface area contributed by atoms with Crippen molar-refractivity contribution < 1.29 is 13.9 Å². The summed E-state index contributed by atoms with van der Waals surface area (Å²) < 4.78 is 23.9. The number of ether oxygens (including phenoxy) is 2. The van der Waals surface area contributed by atoms with E-state index in [1.54, 1.807) is 6.07 Å². The number of fused-ring (bicyclic) bond motifs is 1. The minimum atomic E-state index is -2.04. The average molecular weight is 265 g/mol. The summed E-state index contributed by atoms with van der Waals surface area (Å²) in [4.78, 5) is 2.39. The predicted octanol–water partition coefficient (Wildman–Crippen LogP) is 3.73. The molecule has 0 bridgehead atoms. The molecule has 2 aliphatic heterocycles. The highest BCUT2D eigenvalue weighted by molar-refractivity contribution is 5.58. The normalized spacial score (nSPS) is 29.3. The maximum atomic E-state index is 13.7. The van der Waals surface area contributed by atoms with Gasteiger partial charge in [-0.2, -0.15) is 4.39 Å². The summed E-state index contributed by atoms with van der Waals surface area (Å²) in [6.07, 6.45) is 2.42. The van der Waals surface area contributed by atoms with Gasteiger partial charge in [0.15, 0.2) is 11.5 Å². The molecule has 3 rings (SSSR count). The summed E-state index contributed by atoms with van der Waals surface area (Å²) in [5, 5.41) is 0. The van der Waals surface area contributed by atoms with Crippen molar-refractivity contribution in [3.8, 4) is 11.5 Å². The van der Waals surface area contributed by atoms with Crippen LogP contribution in [0.5, 0.6) is 11.5 Å². The van der Waals surface area contributed by atoms with Crippen molar-refractivity contribution >= 4 is 5.69 Å². The van der Waals surface area contributed by atoms with E-state index in [-0.39, 0.29) is 0 Å². The summed E-state index contributed by atoms with van der Waals surface area (Å²) in [5.74, 6) is 1.59. The van der Waals surface area contributed by atoms with Crippen molar-refractivity contribution in [1.29, 1.82) is 0 Å². The SMILES string of the molecule is CC(C)C1CCCN1c1ccc2c(c1)OC(C)(F)O2. The van der Waals surface area contributed by atoms with Crippen molar-refractivity contribution in [1.82, 2.24) is 0 Å². The number of nitrogens with zero attached hydrogens (tertiary/aromatic N) is 1. The molecule has 0 aliphatic carbocycles. The van der Waals surface area contributed by atoms with E-state index in [0.29, 0.717) is 23.5 Å². The second-order valence-corrected chi connectivity index (χ2v) is 5.82. The summed E-state index contributed by atoms with van der Waals surface area (Å²) in [5.41, 5.74) is 1.09. The molecule has 2 aliphatic rings. The smallest absolute Gasteiger partial charge is 0.404 e. The predicted molar refractivity (Wildman–Crippen MR) is 72.4 cm³/mol. The first kappa shape index (κ1) is 12.6. The van der Waals surface area contributed by atoms with Crippen LogP contribution in [0.4, 0.5) is 10.1 Å². The van der Waals surface area contributed by atoms with Crippen molar-refractivity contribution in [3.05, 3.63) is 18.2 Å². The molecule has 19 heavy (non-hydrogen) atoms. The summed E-state index contributed by atoms with van der Waals surface area (Å²) >= 11 is 0. The van der Waals surface area contributed by atoms with Crippen LogP contribution in [0, 0.1) is 5.92 Å². The third-order valence-corrected chi connectivity index (χ3v) is 3.91. The molecule has 1 aromatic carbocycles. The number of alkyl halides is 1. The zero-order valence-corrected chi connectivity index (χ0v) is 11.6. The van der Waals surface area contributed by atoms with Gasteiger partial charge in [-0.3, -0.25) is 0 Å². The van der Waals surface area contributed by atoms with Crippen LogP contribution in [0.15, 0.2) is 18.2 Å². The highest BCUT2D eigenvalue weighted by Gasteiger charge is 2.37. The van der Waals surface area contributed by atoms with Crippen molar-refractivity contribution in [3.63, 3.8) is 0 Å². The lowest BCUT2D eigenvalue weighted by Gasteiger charge is -2.29. The van der Waals surface area contributed by atoms with Crippen molar-refractivity contribution in [2.24, 2.45) is 5.92 Å². The Hall–Kier alpha value is -1.45. The maximum absolute atomic E-state index is 13.7. The monoisotopic (exact) mass is 265 g/mol. The lowest BCUT2D eigenvalue weighted by atomic mass is 10.0. The van der Waals surface area contributed by atoms with Gasteiger partial charge in [0.05, 0.1) is 0 Å². The Labute approximate surface area is 113 Å². The molecular formula is C15H20FNO2. The molecule has 0 spiro atoms. The first-order valence-electron chi connectivity index (χ1n) is 6.94. The molecule has 1 aromatic rings. The molecule has 1 fully saturated rings. The third kappa shape index (κ3) is 2.24. The number of hydrogen-bond donors (Lipinski definition) is 0. The Kier molecular flexibility index (Phi) is 2.84. The fourth-order valence-electron chi connectivity index (χ4n) is 3.06. The van der Waals surface area contributed by atoms with E-state index in [9.17, 15) is 4.39 Å². The van der Waals surface area contributed by atoms with Crippen LogP contribution in [-0.4, -0.2) is 18.6 Å². The molecule has 4 heteroatoms. The second kappa shape index (κ2) is 4.29. The third-order valence-electron chi connectivity index (χ3n) is 3.91. The molecule has 0 radical (unpaired) electrons. The molecule has 0 amide bonds. The molecule has 0 N–H and O–H groups in total. The Morgan fingerprint density at radius 2 is 2.05 bits per heavy atom. The molecule has 1 saturated heterocycles. The number of benzene rings is 1. The zero-order chi connectivity index (χ0) is 13.6. The highest BCUT2D eigenvalue weighted by Crippen LogP contribution is 2.43. The summed E-state index contributed by atoms with van der Waals surface area (Å²) in [6.45, 7) is 6.82. The van der Waals surface area contributed by atoms with Crippen LogP contribution in [0.25, 0.3) is 0 Å². The van der Waals surface area contributed by atoms with Crippen LogP contribution < -0.4 is 14.4 Å². The lowest BCUT2D eigenvalue weighted by molar-refractivity contribution is -0.173. The second-order valence-electron chi connectivity index (χ2n) is 5.82. The number of anilines is 1. The molecule has 3 nitrogen and oxygen atoms in total. The average Bonchev–Trinajstić information content (AvgIpc) is 2.89. The number of halogens is 1. The highest BCUT2D eigenvalue weighted by atomic mass is 19.2. The summed E-state index contributed by atoms with van der Waals surface area (Å²) in [6, 6.07) is 4.19. The van der Waals surface area contributed by atoms with E-state index in [1.165, 1.54) is 19.8 Å². The lowest BCUT2D eigenvalue weighted by Crippen LogP contribution is -2.33. The van der Waals surface area contributed by atoms with Crippen LogP contribution >= 0.6 is 0 Å². The molecule has 2 atom stereocenters. The van der Waals surface area contributed by atoms with Gasteiger partial charge in [-0.05, 0) is 30.9 Å². The fourth-order valence-corrected chi connectivity index (χ4v) is 3.06. The molecule has 0 saturated carbocycles. The standard InChI is InChI=1S/C15H20FNO2/c1-10(2)12-5-4-8-17(12)11-6-7-13-14(9-11)19-15(3,16)18-13/h6-7,9-10,12H,4-5,8H2,1-3H3. The van der Waals surface area contributed by atoms with E-state index < -0.39 is 6.04 Å². The van der Waals surface area contributed by atoms with E-state index in [2.05, 4.69) is 18.7 Å². The van der Waals surface area contributed by atoms with Gasteiger partial charge >= 0.3 is 6.04 Å². The van der Waals surface area contributed by atoms with Gasteiger partial charge in [-0.15, -0.1) is 0 Å². The van der Waals surface area contributed by atoms with E-state index in [4.69, 9.17) is 9.47 Å². The topological polar surface area (TPSA) is 21.7 Å². The van der Waals surface area contributed by atoms with E-state index in [0.717, 1.165) is 12.2 Å². The van der Waals surface area contributed by atoms with Gasteiger partial charge in [0.25, 0.3) is 0 Å². The first-order valence-corrected chi connectivity index (χ1v) is 6.94. The van der Waals surface area contributed by atoms with Gasteiger partial charge in [0.2, 0.25) is 0 Å². The Morgan fingerprint density at radius 3 is 2.79 bits per heavy atom. The molecule has 2 unspecified atom stereocenters. The van der Waals surface area contributed by atoms with Crippen LogP contribution in [0.1, 0.15) is 33.6 Å². The van der Waals surface area contributed by atoms with Gasteiger partial charge in [-0.1, -0.05) is 13.8 Å². The van der Waals surface area contributed by atoms with Crippen LogP contribution in [0.3, 0.4) is 0 Å². The van der Waals surface area contributed by atoms with Crippen LogP contribution in [0.2, 0.25) is 0 Å². The van der Waals surface area contributed by atoms with Crippen LogP contribution in [-0.2, 0) is 0 Å². The minimum absolute atomic E-state index is 0.481. The first-order chi connectivity index (χ1) is 8.96. The van der Waals surface area contributed by atoms with Gasteiger partial charge in [0.1, 0.15) is 0 Å². The Bertz CT molecular complexity index is 487. The Morgan fingerprint density at radius 1 is 1.32 bits per heavy atom. The Balaban J connectivity index is 1.88. The molecule has 104 valence electrons. The zero-order valence-electron chi connectivity index (χ0n) is 11.6. The van der Waals surface area contributed by atoms with E-state index in [1.807, 2.05) is 12.1 Å². The van der Waals surface area contributed by atoms with Crippen molar-refractivity contribution in [2.75, 3.05) is 11.4 Å². The maximum Gasteiger partial charge on any atom is 0.404 e. The largest absolute Gasteiger partial charge is 0.423 e. The van der Waals surface area contributed by atoms with Gasteiger partial charge in [0, 0.05) is 31.3 Å². The summed E-state index contributed by atoms with van der Waals surface area (Å²) in [7, 11) is 0. The number of rotatable bonds is 2. The van der Waals surface area contributed by atoms with Gasteiger partial charge < -0.3 is 14.4 Å². The van der Waals surface area contributed by atoms with E-state index >= 15 is 0 Å². The van der Waals surface area contributed by atoms with Gasteiger partial charge in [-0.25, -0.2) is 0 Å². The quantitative estimate of drug-likeness (QED) is 0.813. The minimum Gasteiger partial charge on any atom is -0.423 e. The molecular weight excluding hydrogens is 245 g/mol.